The van der Waals surface area contributed by atoms with Crippen LogP contribution in [0.2, 0.25) is 4.63 Å². The van der Waals surface area contributed by atoms with Gasteiger partial charge in [-0.1, -0.05) is 0 Å². The molecule has 0 aromatic carbocycles. The van der Waals surface area contributed by atoms with Gasteiger partial charge in [0.1, 0.15) is 0 Å². The Bertz CT molecular complexity index is 479. The maximum atomic E-state index is 2.56. The number of allylic oxidation sites excluding steroid dienone is 8. The zero-order chi connectivity index (χ0) is 12.8. The van der Waals surface area contributed by atoms with Crippen LogP contribution in [0.1, 0.15) is 41.0 Å². The molecule has 105 valence electrons. The van der Waals surface area contributed by atoms with E-state index in [4.69, 9.17) is 0 Å². The summed E-state index contributed by atoms with van der Waals surface area (Å²) in [6.07, 6.45) is 8.15. The topological polar surface area (TPSA) is 0 Å². The third-order valence-corrected chi connectivity index (χ3v) is 12.3. The summed E-state index contributed by atoms with van der Waals surface area (Å²) in [6.45, 7) is 11.8. The summed E-state index contributed by atoms with van der Waals surface area (Å²) in [5.74, 6) is 0. The Kier molecular flexibility index (Phi) is 7.08. The molecule has 0 spiro atoms. The minimum Gasteiger partial charge on any atom is -1.00 e. The Balaban J connectivity index is 0.00000162. The second kappa shape index (κ2) is 6.92. The first-order valence-corrected chi connectivity index (χ1v) is 11.4. The molecule has 0 unspecified atom stereocenters. The molecule has 0 atom stereocenters. The monoisotopic (exact) mass is 375 g/mol. The van der Waals surface area contributed by atoms with Crippen LogP contribution in [0.25, 0.3) is 0 Å². The molecule has 0 radical (unpaired) electrons. The van der Waals surface area contributed by atoms with E-state index in [-0.39, 0.29) is 24.8 Å². The summed E-state index contributed by atoms with van der Waals surface area (Å²) in [6, 6.07) is 0. The Morgan fingerprint density at radius 1 is 1.05 bits per heavy atom. The predicted octanol–water partition coefficient (Wildman–Crippen LogP) is -0.845. The fourth-order valence-corrected chi connectivity index (χ4v) is 10.5. The normalized spacial score (nSPS) is 20.2. The average Bonchev–Trinajstić information content (AvgIpc) is 2.83. The van der Waals surface area contributed by atoms with Gasteiger partial charge in [-0.3, -0.25) is 0 Å². The minimum atomic E-state index is -1.56. The van der Waals surface area contributed by atoms with Crippen molar-refractivity contribution in [2.24, 2.45) is 5.41 Å². The van der Waals surface area contributed by atoms with Crippen LogP contribution in [0.4, 0.5) is 0 Å². The molecule has 0 bridgehead atoms. The minimum absolute atomic E-state index is 0. The van der Waals surface area contributed by atoms with Crippen molar-refractivity contribution in [2.75, 3.05) is 0 Å². The van der Waals surface area contributed by atoms with Crippen molar-refractivity contribution in [3.63, 3.8) is 0 Å². The summed E-state index contributed by atoms with van der Waals surface area (Å²) in [7, 11) is 0. The van der Waals surface area contributed by atoms with Gasteiger partial charge in [0.2, 0.25) is 0 Å². The molecule has 0 fully saturated rings. The summed E-state index contributed by atoms with van der Waals surface area (Å²) < 4.78 is 6.15. The molecule has 3 heteroatoms. The van der Waals surface area contributed by atoms with Crippen molar-refractivity contribution in [1.82, 2.24) is 0 Å². The van der Waals surface area contributed by atoms with Gasteiger partial charge in [-0.2, -0.15) is 0 Å². The molecule has 0 saturated carbocycles. The quantitative estimate of drug-likeness (QED) is 0.589. The first-order chi connectivity index (χ1) is 7.87. The third-order valence-electron chi connectivity index (χ3n) is 4.69. The van der Waals surface area contributed by atoms with Gasteiger partial charge in [-0.05, 0) is 0 Å². The summed E-state index contributed by atoms with van der Waals surface area (Å²) in [5.41, 5.74) is 5.08. The zero-order valence-electron chi connectivity index (χ0n) is 12.7. The van der Waals surface area contributed by atoms with Crippen molar-refractivity contribution in [3.05, 3.63) is 41.5 Å². The summed E-state index contributed by atoms with van der Waals surface area (Å²) >= 11 is -1.56. The van der Waals surface area contributed by atoms with Crippen molar-refractivity contribution in [2.45, 2.75) is 45.7 Å². The fourth-order valence-electron chi connectivity index (χ4n) is 3.23. The third kappa shape index (κ3) is 3.20. The Hall–Kier alpha value is 0.423. The van der Waals surface area contributed by atoms with Crippen LogP contribution in [0.5, 0.6) is 0 Å². The summed E-state index contributed by atoms with van der Waals surface area (Å²) in [5, 5.41) is 0. The molecule has 0 nitrogen and oxygen atoms in total. The molecule has 0 saturated heterocycles. The summed E-state index contributed by atoms with van der Waals surface area (Å²) in [4.78, 5) is 0. The van der Waals surface area contributed by atoms with Crippen molar-refractivity contribution < 1.29 is 46.6 Å². The molecule has 0 N–H and O–H groups in total. The van der Waals surface area contributed by atoms with E-state index in [0.29, 0.717) is 5.41 Å². The molecule has 0 aromatic rings. The Morgan fingerprint density at radius 3 is 2.00 bits per heavy atom. The van der Waals surface area contributed by atoms with E-state index in [1.807, 2.05) is 3.28 Å². The largest absolute Gasteiger partial charge is 1.00 e. The van der Waals surface area contributed by atoms with Crippen molar-refractivity contribution in [1.29, 1.82) is 0 Å². The van der Waals surface area contributed by atoms with E-state index in [9.17, 15) is 0 Å². The van der Waals surface area contributed by atoms with Crippen LogP contribution < -0.4 is 24.8 Å². The van der Waals surface area contributed by atoms with E-state index in [0.717, 1.165) is 0 Å². The van der Waals surface area contributed by atoms with E-state index in [1.165, 1.54) is 6.42 Å². The van der Waals surface area contributed by atoms with Crippen LogP contribution in [0.3, 0.4) is 0 Å². The van der Waals surface area contributed by atoms with Gasteiger partial charge >= 0.3 is 114 Å². The van der Waals surface area contributed by atoms with Crippen molar-refractivity contribution in [3.8, 4) is 0 Å². The first-order valence-electron chi connectivity index (χ1n) is 6.47. The SMILES string of the molecule is CC1=C(C)C(C)(C)[C]([Zr+2]([CH3])[C]2=CC=CC2)=C1C.[Cl-].[Cl-]. The van der Waals surface area contributed by atoms with Crippen LogP contribution in [0.15, 0.2) is 41.5 Å². The van der Waals surface area contributed by atoms with E-state index < -0.39 is 21.8 Å². The van der Waals surface area contributed by atoms with Crippen LogP contribution >= 0.6 is 0 Å². The Morgan fingerprint density at radius 2 is 1.63 bits per heavy atom. The smallest absolute Gasteiger partial charge is 1.00 e. The molecule has 2 aliphatic carbocycles. The molecule has 2 aliphatic rings. The van der Waals surface area contributed by atoms with Gasteiger partial charge in [-0.15, -0.1) is 0 Å². The van der Waals surface area contributed by atoms with Crippen molar-refractivity contribution >= 4 is 0 Å². The molecule has 0 aliphatic heterocycles. The molecular formula is C16H23Cl2Zr. The van der Waals surface area contributed by atoms with E-state index >= 15 is 0 Å². The standard InChI is InChI=1S/C10H15.C5H5.CH3.2ClH.Zr/c1-7-6-10(4,5)9(3)8(7)2;1-2-4-5-3-1;;;;/h1-5H3;1-3H,4H2;1H3;2*1H;/q;;;;;+2/p-2. The second-order valence-corrected chi connectivity index (χ2v) is 11.7. The van der Waals surface area contributed by atoms with Gasteiger partial charge in [0.15, 0.2) is 0 Å². The Labute approximate surface area is 138 Å². The average molecular weight is 377 g/mol. The van der Waals surface area contributed by atoms with Crippen LogP contribution in [-0.4, -0.2) is 0 Å². The second-order valence-electron chi connectivity index (χ2n) is 5.82. The van der Waals surface area contributed by atoms with Gasteiger partial charge < -0.3 is 24.8 Å². The molecule has 0 aromatic heterocycles. The molecule has 0 heterocycles. The maximum Gasteiger partial charge on any atom is -1.00 e. The van der Waals surface area contributed by atoms with E-state index in [2.05, 4.69) is 57.5 Å². The number of halogens is 2. The van der Waals surface area contributed by atoms with Gasteiger partial charge in [0.25, 0.3) is 0 Å². The van der Waals surface area contributed by atoms with Crippen LogP contribution in [-0.2, 0) is 21.8 Å². The molecular weight excluding hydrogens is 354 g/mol. The number of hydrogen-bond donors (Lipinski definition) is 0. The van der Waals surface area contributed by atoms with Crippen LogP contribution in [0, 0.1) is 5.41 Å². The zero-order valence-corrected chi connectivity index (χ0v) is 16.7. The maximum absolute atomic E-state index is 2.56. The predicted molar refractivity (Wildman–Crippen MR) is 72.6 cm³/mol. The first kappa shape index (κ1) is 19.4. The van der Waals surface area contributed by atoms with Gasteiger partial charge in [-0.25, -0.2) is 0 Å². The van der Waals surface area contributed by atoms with Gasteiger partial charge in [0, 0.05) is 0 Å². The number of hydrogen-bond acceptors (Lipinski definition) is 0. The molecule has 0 amide bonds. The molecule has 2 rings (SSSR count). The fraction of sp³-hybridized carbons (Fsp3) is 0.500. The number of rotatable bonds is 2. The van der Waals surface area contributed by atoms with Gasteiger partial charge in [0.05, 0.1) is 0 Å². The molecule has 19 heavy (non-hydrogen) atoms. The van der Waals surface area contributed by atoms with E-state index in [1.54, 1.807) is 20.0 Å².